The number of carbonyl (C=O) groups excluding carboxylic acids is 1. The van der Waals surface area contributed by atoms with Gasteiger partial charge in [-0.05, 0) is 40.9 Å². The lowest BCUT2D eigenvalue weighted by Crippen LogP contribution is -2.40. The zero-order chi connectivity index (χ0) is 13.9. The first-order valence-corrected chi connectivity index (χ1v) is 7.41. The van der Waals surface area contributed by atoms with Crippen LogP contribution in [0, 0.1) is 0 Å². The van der Waals surface area contributed by atoms with E-state index in [9.17, 15) is 4.79 Å². The molecular formula is C14H15BrN4O. The SMILES string of the molecule is O=C(c1ccc(Br)cn1)N1CCCC(n2ccnc2)C1. The number of nitrogens with zero attached hydrogens (tertiary/aromatic N) is 4. The molecule has 0 aliphatic carbocycles. The smallest absolute Gasteiger partial charge is 0.272 e. The Morgan fingerprint density at radius 1 is 1.40 bits per heavy atom. The molecule has 6 heteroatoms. The Labute approximate surface area is 125 Å². The summed E-state index contributed by atoms with van der Waals surface area (Å²) in [6.45, 7) is 1.51. The average molecular weight is 335 g/mol. The number of carbonyl (C=O) groups is 1. The van der Waals surface area contributed by atoms with E-state index in [4.69, 9.17) is 0 Å². The summed E-state index contributed by atoms with van der Waals surface area (Å²) in [7, 11) is 0. The van der Waals surface area contributed by atoms with Gasteiger partial charge in [-0.3, -0.25) is 4.79 Å². The monoisotopic (exact) mass is 334 g/mol. The Kier molecular flexibility index (Phi) is 3.82. The standard InChI is InChI=1S/C14H15BrN4O/c15-11-3-4-13(17-8-11)14(20)18-6-1-2-12(9-18)19-7-5-16-10-19/h3-5,7-8,10,12H,1-2,6,9H2. The highest BCUT2D eigenvalue weighted by Crippen LogP contribution is 2.22. The summed E-state index contributed by atoms with van der Waals surface area (Å²) in [4.78, 5) is 22.6. The summed E-state index contributed by atoms with van der Waals surface area (Å²) in [6, 6.07) is 3.91. The molecule has 1 atom stereocenters. The summed E-state index contributed by atoms with van der Waals surface area (Å²) in [5.74, 6) is 0.00214. The number of rotatable bonds is 2. The molecule has 0 aromatic carbocycles. The lowest BCUT2D eigenvalue weighted by Gasteiger charge is -2.33. The van der Waals surface area contributed by atoms with Gasteiger partial charge in [0.1, 0.15) is 5.69 Å². The highest BCUT2D eigenvalue weighted by Gasteiger charge is 2.25. The Bertz CT molecular complexity index is 582. The molecule has 1 aliphatic heterocycles. The quantitative estimate of drug-likeness (QED) is 0.847. The molecule has 0 radical (unpaired) electrons. The second kappa shape index (κ2) is 5.75. The van der Waals surface area contributed by atoms with E-state index in [0.29, 0.717) is 18.3 Å². The van der Waals surface area contributed by atoms with Gasteiger partial charge in [0.05, 0.1) is 12.4 Å². The molecule has 2 aromatic heterocycles. The van der Waals surface area contributed by atoms with Crippen molar-refractivity contribution in [3.63, 3.8) is 0 Å². The van der Waals surface area contributed by atoms with Crippen LogP contribution in [0.2, 0.25) is 0 Å². The van der Waals surface area contributed by atoms with E-state index in [1.807, 2.05) is 23.5 Å². The summed E-state index contributed by atoms with van der Waals surface area (Å²) >= 11 is 3.33. The minimum atomic E-state index is 0.00214. The van der Waals surface area contributed by atoms with Crippen molar-refractivity contribution < 1.29 is 4.79 Å². The predicted octanol–water partition coefficient (Wildman–Crippen LogP) is 2.52. The van der Waals surface area contributed by atoms with E-state index in [1.165, 1.54) is 0 Å². The number of hydrogen-bond acceptors (Lipinski definition) is 3. The Morgan fingerprint density at radius 2 is 2.30 bits per heavy atom. The van der Waals surface area contributed by atoms with Crippen molar-refractivity contribution in [2.24, 2.45) is 0 Å². The molecule has 1 aliphatic rings. The number of pyridine rings is 1. The maximum Gasteiger partial charge on any atom is 0.272 e. The molecule has 2 aromatic rings. The molecule has 1 unspecified atom stereocenters. The molecule has 1 fully saturated rings. The van der Waals surface area contributed by atoms with Crippen LogP contribution in [0.3, 0.4) is 0 Å². The zero-order valence-electron chi connectivity index (χ0n) is 10.9. The highest BCUT2D eigenvalue weighted by molar-refractivity contribution is 9.10. The van der Waals surface area contributed by atoms with E-state index in [0.717, 1.165) is 23.9 Å². The molecule has 0 spiro atoms. The molecule has 20 heavy (non-hydrogen) atoms. The van der Waals surface area contributed by atoms with Crippen LogP contribution in [0.5, 0.6) is 0 Å². The maximum atomic E-state index is 12.4. The maximum absolute atomic E-state index is 12.4. The molecule has 0 saturated carbocycles. The first-order chi connectivity index (χ1) is 9.74. The van der Waals surface area contributed by atoms with E-state index >= 15 is 0 Å². The van der Waals surface area contributed by atoms with E-state index in [-0.39, 0.29) is 5.91 Å². The molecule has 1 saturated heterocycles. The molecule has 104 valence electrons. The Morgan fingerprint density at radius 3 is 3.00 bits per heavy atom. The highest BCUT2D eigenvalue weighted by atomic mass is 79.9. The van der Waals surface area contributed by atoms with Gasteiger partial charge >= 0.3 is 0 Å². The van der Waals surface area contributed by atoms with Crippen molar-refractivity contribution in [3.8, 4) is 0 Å². The van der Waals surface area contributed by atoms with Gasteiger partial charge in [0.2, 0.25) is 0 Å². The van der Waals surface area contributed by atoms with Gasteiger partial charge in [0, 0.05) is 36.2 Å². The summed E-state index contributed by atoms with van der Waals surface area (Å²) in [5, 5.41) is 0. The van der Waals surface area contributed by atoms with Gasteiger partial charge in [-0.1, -0.05) is 0 Å². The van der Waals surface area contributed by atoms with Gasteiger partial charge < -0.3 is 9.47 Å². The summed E-state index contributed by atoms with van der Waals surface area (Å²) in [6.07, 6.45) is 9.29. The fourth-order valence-electron chi connectivity index (χ4n) is 2.53. The lowest BCUT2D eigenvalue weighted by atomic mass is 10.1. The van der Waals surface area contributed by atoms with Crippen molar-refractivity contribution in [2.75, 3.05) is 13.1 Å². The topological polar surface area (TPSA) is 51.0 Å². The van der Waals surface area contributed by atoms with Crippen LogP contribution in [0.4, 0.5) is 0 Å². The summed E-state index contributed by atoms with van der Waals surface area (Å²) in [5.41, 5.74) is 0.500. The fourth-order valence-corrected chi connectivity index (χ4v) is 2.77. The van der Waals surface area contributed by atoms with E-state index < -0.39 is 0 Å². The van der Waals surface area contributed by atoms with Gasteiger partial charge in [-0.2, -0.15) is 0 Å². The second-order valence-corrected chi connectivity index (χ2v) is 5.83. The minimum Gasteiger partial charge on any atom is -0.335 e. The third-order valence-electron chi connectivity index (χ3n) is 3.58. The van der Waals surface area contributed by atoms with Crippen molar-refractivity contribution in [2.45, 2.75) is 18.9 Å². The Balaban J connectivity index is 1.73. The van der Waals surface area contributed by atoms with Crippen LogP contribution >= 0.6 is 15.9 Å². The normalized spacial score (nSPS) is 19.1. The number of hydrogen-bond donors (Lipinski definition) is 0. The van der Waals surface area contributed by atoms with Gasteiger partial charge in [0.15, 0.2) is 0 Å². The van der Waals surface area contributed by atoms with Gasteiger partial charge in [0.25, 0.3) is 5.91 Å². The summed E-state index contributed by atoms with van der Waals surface area (Å²) < 4.78 is 2.96. The number of amides is 1. The van der Waals surface area contributed by atoms with Crippen LogP contribution in [0.1, 0.15) is 29.4 Å². The van der Waals surface area contributed by atoms with E-state index in [2.05, 4.69) is 30.5 Å². The first kappa shape index (κ1) is 13.3. The van der Waals surface area contributed by atoms with Crippen molar-refractivity contribution >= 4 is 21.8 Å². The second-order valence-electron chi connectivity index (χ2n) is 4.92. The third-order valence-corrected chi connectivity index (χ3v) is 4.05. The molecule has 1 amide bonds. The van der Waals surface area contributed by atoms with Gasteiger partial charge in [-0.25, -0.2) is 9.97 Å². The van der Waals surface area contributed by atoms with Crippen LogP contribution in [-0.4, -0.2) is 38.4 Å². The molecule has 0 bridgehead atoms. The zero-order valence-corrected chi connectivity index (χ0v) is 12.5. The molecule has 0 N–H and O–H groups in total. The van der Waals surface area contributed by atoms with Crippen LogP contribution in [0.15, 0.2) is 41.5 Å². The fraction of sp³-hybridized carbons (Fsp3) is 0.357. The minimum absolute atomic E-state index is 0.00214. The third kappa shape index (κ3) is 2.75. The largest absolute Gasteiger partial charge is 0.335 e. The Hall–Kier alpha value is -1.69. The average Bonchev–Trinajstić information content (AvgIpc) is 3.02. The number of imidazole rings is 1. The number of halogens is 1. The molecule has 3 heterocycles. The number of aromatic nitrogens is 3. The van der Waals surface area contributed by atoms with Crippen molar-refractivity contribution in [3.05, 3.63) is 47.2 Å². The van der Waals surface area contributed by atoms with Crippen LogP contribution in [0.25, 0.3) is 0 Å². The van der Waals surface area contributed by atoms with Crippen LogP contribution < -0.4 is 0 Å². The first-order valence-electron chi connectivity index (χ1n) is 6.62. The van der Waals surface area contributed by atoms with E-state index in [1.54, 1.807) is 18.5 Å². The van der Waals surface area contributed by atoms with Crippen molar-refractivity contribution in [1.82, 2.24) is 19.4 Å². The lowest BCUT2D eigenvalue weighted by molar-refractivity contribution is 0.0673. The molecule has 3 rings (SSSR count). The predicted molar refractivity (Wildman–Crippen MR) is 78.3 cm³/mol. The van der Waals surface area contributed by atoms with Crippen LogP contribution in [-0.2, 0) is 0 Å². The van der Waals surface area contributed by atoms with Gasteiger partial charge in [-0.15, -0.1) is 0 Å². The number of piperidine rings is 1. The number of likely N-dealkylation sites (tertiary alicyclic amines) is 1. The molecule has 5 nitrogen and oxygen atoms in total. The van der Waals surface area contributed by atoms with Crippen molar-refractivity contribution in [1.29, 1.82) is 0 Å². The molecular weight excluding hydrogens is 320 g/mol.